The van der Waals surface area contributed by atoms with Crippen molar-refractivity contribution in [1.82, 2.24) is 0 Å². The summed E-state index contributed by atoms with van der Waals surface area (Å²) in [6.45, 7) is 0. The third-order valence-electron chi connectivity index (χ3n) is 8.05. The first kappa shape index (κ1) is 25.6. The van der Waals surface area contributed by atoms with Gasteiger partial charge in [0.1, 0.15) is 11.5 Å². The number of methoxy groups -OCH3 is 4. The fraction of sp³-hybridized carbons (Fsp3) is 0.250. The molecule has 8 heteroatoms. The van der Waals surface area contributed by atoms with Crippen LogP contribution >= 0.6 is 0 Å². The average Bonchev–Trinajstić information content (AvgIpc) is 2.95. The Morgan fingerprint density at radius 2 is 0.850 bits per heavy atom. The summed E-state index contributed by atoms with van der Waals surface area (Å²) in [5.41, 5.74) is 7.49. The molecule has 206 valence electrons. The number of ether oxygens (including phenoxy) is 4. The second kappa shape index (κ2) is 9.48. The van der Waals surface area contributed by atoms with Gasteiger partial charge in [0.05, 0.1) is 28.4 Å². The normalized spacial score (nSPS) is 13.0. The molecule has 0 heterocycles. The third-order valence-corrected chi connectivity index (χ3v) is 8.05. The Hall–Kier alpha value is -4.72. The summed E-state index contributed by atoms with van der Waals surface area (Å²) in [4.78, 5) is 0. The number of rotatable bonds is 5. The van der Waals surface area contributed by atoms with Crippen molar-refractivity contribution in [2.24, 2.45) is 0 Å². The van der Waals surface area contributed by atoms with Crippen molar-refractivity contribution in [3.05, 3.63) is 58.7 Å². The van der Waals surface area contributed by atoms with E-state index in [4.69, 9.17) is 18.9 Å². The van der Waals surface area contributed by atoms with Gasteiger partial charge in [-0.3, -0.25) is 0 Å². The Kier molecular flexibility index (Phi) is 6.06. The molecule has 0 unspecified atom stereocenters. The number of aryl methyl sites for hydroxylation is 2. The molecule has 4 aromatic rings. The van der Waals surface area contributed by atoms with Gasteiger partial charge in [0.25, 0.3) is 0 Å². The Morgan fingerprint density at radius 1 is 0.475 bits per heavy atom. The summed E-state index contributed by atoms with van der Waals surface area (Å²) in [5, 5.41) is 43.9. The van der Waals surface area contributed by atoms with Gasteiger partial charge < -0.3 is 39.4 Å². The van der Waals surface area contributed by atoms with Crippen LogP contribution in [0.4, 0.5) is 0 Å². The molecule has 0 radical (unpaired) electrons. The van der Waals surface area contributed by atoms with Crippen LogP contribution in [0.1, 0.15) is 22.3 Å². The molecule has 0 aromatic heterocycles. The first-order valence-corrected chi connectivity index (χ1v) is 13.0. The largest absolute Gasteiger partial charge is 0.508 e. The first-order valence-electron chi connectivity index (χ1n) is 13.0. The monoisotopic (exact) mass is 542 g/mol. The molecular weight excluding hydrogens is 512 g/mol. The summed E-state index contributed by atoms with van der Waals surface area (Å²) < 4.78 is 23.0. The van der Waals surface area contributed by atoms with E-state index in [1.54, 1.807) is 24.3 Å². The molecule has 0 amide bonds. The lowest BCUT2D eigenvalue weighted by Crippen LogP contribution is -2.12. The van der Waals surface area contributed by atoms with E-state index in [2.05, 4.69) is 0 Å². The maximum absolute atomic E-state index is 11.8. The van der Waals surface area contributed by atoms with Gasteiger partial charge in [0.15, 0.2) is 23.0 Å². The smallest absolute Gasteiger partial charge is 0.204 e. The van der Waals surface area contributed by atoms with Crippen LogP contribution in [0, 0.1) is 0 Å². The zero-order valence-corrected chi connectivity index (χ0v) is 22.7. The van der Waals surface area contributed by atoms with Crippen LogP contribution in [0.15, 0.2) is 36.4 Å². The van der Waals surface area contributed by atoms with Crippen LogP contribution in [-0.2, 0) is 25.7 Å². The molecule has 2 aliphatic carbocycles. The molecule has 6 rings (SSSR count). The van der Waals surface area contributed by atoms with E-state index in [1.807, 2.05) is 12.1 Å². The zero-order valence-electron chi connectivity index (χ0n) is 22.7. The van der Waals surface area contributed by atoms with Crippen molar-refractivity contribution in [3.63, 3.8) is 0 Å². The predicted octanol–water partition coefficient (Wildman–Crippen LogP) is 5.74. The van der Waals surface area contributed by atoms with Gasteiger partial charge in [-0.1, -0.05) is 12.1 Å². The summed E-state index contributed by atoms with van der Waals surface area (Å²) in [6, 6.07) is 10.4. The van der Waals surface area contributed by atoms with Crippen molar-refractivity contribution < 1.29 is 39.4 Å². The van der Waals surface area contributed by atoms with Gasteiger partial charge in [-0.25, -0.2) is 0 Å². The number of hydrogen-bond donors (Lipinski definition) is 4. The first-order chi connectivity index (χ1) is 19.3. The van der Waals surface area contributed by atoms with Gasteiger partial charge >= 0.3 is 0 Å². The van der Waals surface area contributed by atoms with Crippen molar-refractivity contribution >= 4 is 0 Å². The van der Waals surface area contributed by atoms with Gasteiger partial charge in [0, 0.05) is 22.3 Å². The maximum Gasteiger partial charge on any atom is 0.204 e. The Morgan fingerprint density at radius 3 is 1.20 bits per heavy atom. The number of aromatic hydroxyl groups is 4. The second-order valence-corrected chi connectivity index (χ2v) is 9.97. The van der Waals surface area contributed by atoms with Crippen molar-refractivity contribution in [2.75, 3.05) is 28.4 Å². The van der Waals surface area contributed by atoms with Crippen LogP contribution in [0.5, 0.6) is 46.0 Å². The van der Waals surface area contributed by atoms with Gasteiger partial charge in [-0.2, -0.15) is 0 Å². The summed E-state index contributed by atoms with van der Waals surface area (Å²) in [5.74, 6) is 1.07. The fourth-order valence-electron chi connectivity index (χ4n) is 6.44. The van der Waals surface area contributed by atoms with Crippen LogP contribution in [-0.4, -0.2) is 48.9 Å². The maximum atomic E-state index is 11.8. The molecule has 0 fully saturated rings. The molecule has 2 aliphatic rings. The van der Waals surface area contributed by atoms with E-state index in [9.17, 15) is 20.4 Å². The van der Waals surface area contributed by atoms with E-state index in [0.29, 0.717) is 48.3 Å². The Bertz CT molecular complexity index is 1560. The van der Waals surface area contributed by atoms with Gasteiger partial charge in [-0.05, 0) is 83.3 Å². The highest BCUT2D eigenvalue weighted by Crippen LogP contribution is 2.61. The van der Waals surface area contributed by atoms with E-state index in [1.165, 1.54) is 28.4 Å². The lowest BCUT2D eigenvalue weighted by atomic mass is 9.76. The second-order valence-electron chi connectivity index (χ2n) is 9.97. The zero-order chi connectivity index (χ0) is 28.3. The standard InChI is InChI=1S/C32H30O8/c1-37-29-23-19-11-7-17(33)13-15(19)5-9-21(23)25(27(35)31(29)39-3)26-22-10-6-16-14-18(34)8-12-20(16)24(22)30(38-2)32(40-4)28(26)36/h7-8,11-14,33-36H,5-6,9-10H2,1-4H3. The quantitative estimate of drug-likeness (QED) is 0.252. The highest BCUT2D eigenvalue weighted by molar-refractivity contribution is 5.99. The van der Waals surface area contributed by atoms with Crippen molar-refractivity contribution in [3.8, 4) is 79.4 Å². The SMILES string of the molecule is COc1c(O)c(-c2c(O)c(OC)c(OC)c3c2CCc2cc(O)ccc2-3)c2c(c1OC)-c1ccc(O)cc1CC2. The lowest BCUT2D eigenvalue weighted by Gasteiger charge is -2.31. The Balaban J connectivity index is 1.78. The third kappa shape index (κ3) is 3.52. The van der Waals surface area contributed by atoms with Crippen molar-refractivity contribution in [2.45, 2.75) is 25.7 Å². The minimum Gasteiger partial charge on any atom is -0.508 e. The summed E-state index contributed by atoms with van der Waals surface area (Å²) in [6.07, 6.45) is 2.25. The molecule has 40 heavy (non-hydrogen) atoms. The number of phenolic OH excluding ortho intramolecular Hbond substituents is 4. The van der Waals surface area contributed by atoms with Crippen LogP contribution < -0.4 is 18.9 Å². The highest BCUT2D eigenvalue weighted by atomic mass is 16.5. The molecule has 8 nitrogen and oxygen atoms in total. The molecule has 4 N–H and O–H groups in total. The molecule has 0 saturated carbocycles. The number of fused-ring (bicyclic) bond motifs is 6. The topological polar surface area (TPSA) is 118 Å². The minimum absolute atomic E-state index is 0.140. The van der Waals surface area contributed by atoms with Crippen molar-refractivity contribution in [1.29, 1.82) is 0 Å². The van der Waals surface area contributed by atoms with E-state index < -0.39 is 0 Å². The van der Waals surface area contributed by atoms with Crippen LogP contribution in [0.25, 0.3) is 33.4 Å². The van der Waals surface area contributed by atoms with E-state index in [-0.39, 0.29) is 34.5 Å². The number of phenols is 4. The molecule has 0 aliphatic heterocycles. The van der Waals surface area contributed by atoms with Gasteiger partial charge in [0.2, 0.25) is 11.5 Å². The van der Waals surface area contributed by atoms with E-state index >= 15 is 0 Å². The molecule has 4 aromatic carbocycles. The molecule has 0 atom stereocenters. The van der Waals surface area contributed by atoms with E-state index in [0.717, 1.165) is 44.5 Å². The fourth-order valence-corrected chi connectivity index (χ4v) is 6.44. The Labute approximate surface area is 231 Å². The lowest BCUT2D eigenvalue weighted by molar-refractivity contribution is 0.331. The number of benzene rings is 4. The van der Waals surface area contributed by atoms with Gasteiger partial charge in [-0.15, -0.1) is 0 Å². The highest BCUT2D eigenvalue weighted by Gasteiger charge is 2.37. The summed E-state index contributed by atoms with van der Waals surface area (Å²) >= 11 is 0. The molecule has 0 saturated heterocycles. The molecular formula is C32H30O8. The number of hydrogen-bond acceptors (Lipinski definition) is 8. The van der Waals surface area contributed by atoms with Crippen LogP contribution in [0.3, 0.4) is 0 Å². The van der Waals surface area contributed by atoms with Crippen LogP contribution in [0.2, 0.25) is 0 Å². The minimum atomic E-state index is -0.151. The molecule has 0 bridgehead atoms. The average molecular weight is 543 g/mol. The molecule has 0 spiro atoms. The predicted molar refractivity (Wildman–Crippen MR) is 150 cm³/mol. The summed E-state index contributed by atoms with van der Waals surface area (Å²) in [7, 11) is 5.96.